The largest absolute Gasteiger partial charge is 0.504 e. The van der Waals surface area contributed by atoms with E-state index in [1.165, 1.54) is 6.08 Å². The topological polar surface area (TPSA) is 66.8 Å². The molecule has 1 heterocycles. The fraction of sp³-hybridized carbons (Fsp3) is 0.500. The third-order valence-electron chi connectivity index (χ3n) is 1.24. The number of rotatable bonds is 1. The Morgan fingerprint density at radius 3 is 3.00 bits per heavy atom. The molecule has 56 valence electrons. The van der Waals surface area contributed by atoms with E-state index in [2.05, 4.69) is 0 Å². The number of ketones is 1. The maximum absolute atomic E-state index is 10.5. The van der Waals surface area contributed by atoms with Gasteiger partial charge >= 0.3 is 0 Å². The molecule has 1 aliphatic heterocycles. The molecule has 0 saturated carbocycles. The molecule has 1 rings (SSSR count). The van der Waals surface area contributed by atoms with Crippen LogP contribution >= 0.6 is 0 Å². The normalized spacial score (nSPS) is 26.3. The number of ether oxygens (including phenoxy) is 1. The van der Waals surface area contributed by atoms with Crippen molar-refractivity contribution in [3.8, 4) is 0 Å². The number of aliphatic hydroxyl groups is 2. The highest BCUT2D eigenvalue weighted by molar-refractivity contribution is 5.94. The second kappa shape index (κ2) is 2.81. The maximum Gasteiger partial charge on any atom is 0.222 e. The van der Waals surface area contributed by atoms with Crippen molar-refractivity contribution < 1.29 is 19.7 Å². The molecular formula is C6H8O4. The van der Waals surface area contributed by atoms with E-state index in [1.54, 1.807) is 0 Å². The lowest BCUT2D eigenvalue weighted by molar-refractivity contribution is -0.126. The van der Waals surface area contributed by atoms with Gasteiger partial charge in [0.25, 0.3) is 0 Å². The molecule has 0 aromatic heterocycles. The van der Waals surface area contributed by atoms with Crippen LogP contribution < -0.4 is 0 Å². The third kappa shape index (κ3) is 1.34. The van der Waals surface area contributed by atoms with Crippen molar-refractivity contribution in [2.24, 2.45) is 0 Å². The first kappa shape index (κ1) is 7.24. The van der Waals surface area contributed by atoms with Crippen LogP contribution in [-0.4, -0.2) is 35.3 Å². The van der Waals surface area contributed by atoms with Gasteiger partial charge in [0.2, 0.25) is 5.78 Å². The number of hydrogen-bond donors (Lipinski definition) is 2. The molecule has 4 heteroatoms. The van der Waals surface area contributed by atoms with Crippen molar-refractivity contribution in [2.45, 2.75) is 6.10 Å². The Balaban J connectivity index is 2.65. The SMILES string of the molecule is O=C1CO[C@H](CO)C=C1O. The first-order valence-electron chi connectivity index (χ1n) is 2.90. The molecule has 2 N–H and O–H groups in total. The highest BCUT2D eigenvalue weighted by atomic mass is 16.5. The molecule has 1 atom stereocenters. The third-order valence-corrected chi connectivity index (χ3v) is 1.24. The van der Waals surface area contributed by atoms with E-state index in [0.29, 0.717) is 0 Å². The summed E-state index contributed by atoms with van der Waals surface area (Å²) in [5.74, 6) is -0.755. The molecular weight excluding hydrogens is 136 g/mol. The summed E-state index contributed by atoms with van der Waals surface area (Å²) in [6, 6.07) is 0. The highest BCUT2D eigenvalue weighted by Gasteiger charge is 2.18. The van der Waals surface area contributed by atoms with Gasteiger partial charge in [0.15, 0.2) is 5.76 Å². The number of Topliss-reactive ketones (excluding diaryl/α,β-unsaturated/α-hetero) is 1. The number of carbonyl (C=O) groups is 1. The molecule has 0 unspecified atom stereocenters. The average molecular weight is 144 g/mol. The van der Waals surface area contributed by atoms with Crippen molar-refractivity contribution in [1.29, 1.82) is 0 Å². The molecule has 0 spiro atoms. The molecule has 0 bridgehead atoms. The van der Waals surface area contributed by atoms with Gasteiger partial charge in [-0.25, -0.2) is 0 Å². The Bertz CT molecular complexity index is 173. The molecule has 1 aliphatic rings. The zero-order valence-corrected chi connectivity index (χ0v) is 5.28. The molecule has 0 aromatic rings. The lowest BCUT2D eigenvalue weighted by Crippen LogP contribution is -2.27. The standard InChI is InChI=1S/C6H8O4/c7-2-4-1-5(8)6(9)3-10-4/h1,4,7-8H,2-3H2/t4-/m0/s1. The van der Waals surface area contributed by atoms with Crippen LogP contribution in [0.3, 0.4) is 0 Å². The zero-order valence-electron chi connectivity index (χ0n) is 5.28. The first-order chi connectivity index (χ1) is 4.74. The van der Waals surface area contributed by atoms with Crippen molar-refractivity contribution >= 4 is 5.78 Å². The summed E-state index contributed by atoms with van der Waals surface area (Å²) in [6.45, 7) is -0.356. The van der Waals surface area contributed by atoms with E-state index in [-0.39, 0.29) is 19.0 Å². The summed E-state index contributed by atoms with van der Waals surface area (Å²) in [5.41, 5.74) is 0. The summed E-state index contributed by atoms with van der Waals surface area (Å²) in [5, 5.41) is 17.3. The van der Waals surface area contributed by atoms with Crippen LogP contribution in [0.2, 0.25) is 0 Å². The van der Waals surface area contributed by atoms with Crippen molar-refractivity contribution in [3.63, 3.8) is 0 Å². The number of hydrogen-bond acceptors (Lipinski definition) is 4. The lowest BCUT2D eigenvalue weighted by atomic mass is 10.2. The van der Waals surface area contributed by atoms with Gasteiger partial charge in [-0.3, -0.25) is 4.79 Å². The molecule has 10 heavy (non-hydrogen) atoms. The molecule has 4 nitrogen and oxygen atoms in total. The number of carbonyl (C=O) groups excluding carboxylic acids is 1. The van der Waals surface area contributed by atoms with Gasteiger partial charge in [0, 0.05) is 0 Å². The van der Waals surface area contributed by atoms with Gasteiger partial charge in [-0.15, -0.1) is 0 Å². The summed E-state index contributed by atoms with van der Waals surface area (Å²) in [4.78, 5) is 10.5. The van der Waals surface area contributed by atoms with Gasteiger partial charge in [-0.05, 0) is 6.08 Å². The van der Waals surface area contributed by atoms with E-state index in [4.69, 9.17) is 14.9 Å². The highest BCUT2D eigenvalue weighted by Crippen LogP contribution is 2.06. The van der Waals surface area contributed by atoms with E-state index in [0.717, 1.165) is 0 Å². The predicted molar refractivity (Wildman–Crippen MR) is 32.5 cm³/mol. The Morgan fingerprint density at radius 2 is 2.50 bits per heavy atom. The van der Waals surface area contributed by atoms with Gasteiger partial charge in [-0.1, -0.05) is 0 Å². The Kier molecular flexibility index (Phi) is 2.03. The van der Waals surface area contributed by atoms with Crippen LogP contribution in [0.1, 0.15) is 0 Å². The lowest BCUT2D eigenvalue weighted by Gasteiger charge is -2.15. The van der Waals surface area contributed by atoms with Crippen LogP contribution in [-0.2, 0) is 9.53 Å². The summed E-state index contributed by atoms with van der Waals surface area (Å²) >= 11 is 0. The molecule has 0 saturated heterocycles. The van der Waals surface area contributed by atoms with Gasteiger partial charge in [-0.2, -0.15) is 0 Å². The first-order valence-corrected chi connectivity index (χ1v) is 2.90. The van der Waals surface area contributed by atoms with E-state index >= 15 is 0 Å². The minimum atomic E-state index is -0.530. The van der Waals surface area contributed by atoms with Crippen LogP contribution in [0, 0.1) is 0 Å². The predicted octanol–water partition coefficient (Wildman–Crippen LogP) is -0.611. The fourth-order valence-corrected chi connectivity index (χ4v) is 0.679. The maximum atomic E-state index is 10.5. The van der Waals surface area contributed by atoms with Crippen LogP contribution in [0.4, 0.5) is 0 Å². The minimum Gasteiger partial charge on any atom is -0.504 e. The van der Waals surface area contributed by atoms with Crippen LogP contribution in [0.15, 0.2) is 11.8 Å². The summed E-state index contributed by atoms with van der Waals surface area (Å²) < 4.78 is 4.77. The van der Waals surface area contributed by atoms with Gasteiger partial charge < -0.3 is 14.9 Å². The zero-order chi connectivity index (χ0) is 7.56. The minimum absolute atomic E-state index is 0.145. The summed E-state index contributed by atoms with van der Waals surface area (Å²) in [6.07, 6.45) is 0.670. The fourth-order valence-electron chi connectivity index (χ4n) is 0.679. The second-order valence-electron chi connectivity index (χ2n) is 2.01. The Morgan fingerprint density at radius 1 is 1.80 bits per heavy atom. The van der Waals surface area contributed by atoms with E-state index < -0.39 is 11.9 Å². The van der Waals surface area contributed by atoms with Crippen molar-refractivity contribution in [3.05, 3.63) is 11.8 Å². The molecule has 0 aromatic carbocycles. The molecule has 0 aliphatic carbocycles. The quantitative estimate of drug-likeness (QED) is 0.515. The smallest absolute Gasteiger partial charge is 0.222 e. The second-order valence-corrected chi connectivity index (χ2v) is 2.01. The Labute approximate surface area is 57.7 Å². The molecule has 0 amide bonds. The van der Waals surface area contributed by atoms with Gasteiger partial charge in [0.1, 0.15) is 12.7 Å². The monoisotopic (exact) mass is 144 g/mol. The molecule has 0 radical (unpaired) electrons. The molecule has 0 fully saturated rings. The van der Waals surface area contributed by atoms with E-state index in [9.17, 15) is 4.79 Å². The number of aliphatic hydroxyl groups excluding tert-OH is 2. The van der Waals surface area contributed by atoms with Crippen LogP contribution in [0.5, 0.6) is 0 Å². The Hall–Kier alpha value is -0.870. The van der Waals surface area contributed by atoms with E-state index in [1.807, 2.05) is 0 Å². The van der Waals surface area contributed by atoms with Gasteiger partial charge in [0.05, 0.1) is 6.61 Å². The van der Waals surface area contributed by atoms with Crippen LogP contribution in [0.25, 0.3) is 0 Å². The average Bonchev–Trinajstić information content (AvgIpc) is 1.95. The van der Waals surface area contributed by atoms with Crippen molar-refractivity contribution in [2.75, 3.05) is 13.2 Å². The van der Waals surface area contributed by atoms with Crippen molar-refractivity contribution in [1.82, 2.24) is 0 Å². The summed E-state index contributed by atoms with van der Waals surface area (Å²) in [7, 11) is 0.